The number of likely N-dealkylation sites (tertiary alicyclic amines) is 2. The van der Waals surface area contributed by atoms with Crippen LogP contribution in [0.3, 0.4) is 0 Å². The van der Waals surface area contributed by atoms with Gasteiger partial charge in [-0.2, -0.15) is 5.10 Å². The molecule has 0 saturated carbocycles. The average molecular weight is 362 g/mol. The average Bonchev–Trinajstić information content (AvgIpc) is 3.33. The highest BCUT2D eigenvalue weighted by molar-refractivity contribution is 5.88. The molecule has 0 unspecified atom stereocenters. The predicted octanol–water partition coefficient (Wildman–Crippen LogP) is 2.20. The minimum atomic E-state index is -0.338. The molecule has 0 atom stereocenters. The van der Waals surface area contributed by atoms with E-state index in [9.17, 15) is 9.59 Å². The number of nitrogens with one attached hydrogen (secondary N) is 1. The first-order chi connectivity index (χ1) is 12.7. The van der Waals surface area contributed by atoms with Gasteiger partial charge in [0, 0.05) is 31.6 Å². The molecule has 3 heterocycles. The Labute approximate surface area is 155 Å². The summed E-state index contributed by atoms with van der Waals surface area (Å²) in [7, 11) is 0. The Hall–Kier alpha value is -1.89. The molecule has 0 aromatic carbocycles. The van der Waals surface area contributed by atoms with Crippen LogP contribution in [0.4, 0.5) is 0 Å². The quantitative estimate of drug-likeness (QED) is 0.753. The van der Waals surface area contributed by atoms with Gasteiger partial charge in [-0.3, -0.25) is 14.8 Å². The Bertz CT molecular complexity index is 602. The van der Waals surface area contributed by atoms with Gasteiger partial charge in [0.2, 0.25) is 5.91 Å². The van der Waals surface area contributed by atoms with E-state index in [0.717, 1.165) is 63.8 Å². The van der Waals surface area contributed by atoms with Crippen molar-refractivity contribution in [1.82, 2.24) is 20.0 Å². The molecule has 0 aliphatic carbocycles. The molecule has 144 valence electrons. The minimum absolute atomic E-state index is 0.336. The highest BCUT2D eigenvalue weighted by atomic mass is 16.5. The van der Waals surface area contributed by atoms with Crippen LogP contribution in [-0.2, 0) is 16.1 Å². The van der Waals surface area contributed by atoms with Crippen LogP contribution in [-0.4, -0.2) is 64.7 Å². The number of esters is 1. The van der Waals surface area contributed by atoms with Crippen molar-refractivity contribution < 1.29 is 14.3 Å². The summed E-state index contributed by atoms with van der Waals surface area (Å²) in [5, 5.41) is 6.75. The highest BCUT2D eigenvalue weighted by Crippen LogP contribution is 2.24. The van der Waals surface area contributed by atoms with E-state index in [1.807, 2.05) is 4.90 Å². The van der Waals surface area contributed by atoms with Crippen molar-refractivity contribution >= 4 is 11.9 Å². The second-order valence-corrected chi connectivity index (χ2v) is 7.34. The van der Waals surface area contributed by atoms with Crippen molar-refractivity contribution in [2.75, 3.05) is 32.8 Å². The molecule has 2 aliphatic rings. The summed E-state index contributed by atoms with van der Waals surface area (Å²) in [6.07, 6.45) is 7.95. The molecule has 7 heteroatoms. The normalized spacial score (nSPS) is 19.0. The van der Waals surface area contributed by atoms with E-state index in [1.54, 1.807) is 13.1 Å². The molecule has 7 nitrogen and oxygen atoms in total. The number of ether oxygens (including phenoxy) is 1. The van der Waals surface area contributed by atoms with Crippen molar-refractivity contribution in [2.24, 2.45) is 5.92 Å². The van der Waals surface area contributed by atoms with Gasteiger partial charge >= 0.3 is 5.97 Å². The Balaban J connectivity index is 1.41. The molecule has 1 N–H and O–H groups in total. The van der Waals surface area contributed by atoms with Gasteiger partial charge in [0.05, 0.1) is 12.8 Å². The lowest BCUT2D eigenvalue weighted by Gasteiger charge is -2.32. The predicted molar refractivity (Wildman–Crippen MR) is 97.6 cm³/mol. The number of rotatable bonds is 7. The third-order valence-electron chi connectivity index (χ3n) is 5.52. The molecule has 0 spiro atoms. The number of aromatic nitrogens is 2. The van der Waals surface area contributed by atoms with Crippen LogP contribution in [0.15, 0.2) is 6.20 Å². The van der Waals surface area contributed by atoms with Crippen LogP contribution in [0.1, 0.15) is 61.5 Å². The molecule has 2 fully saturated rings. The number of carbonyl (C=O) groups is 2. The summed E-state index contributed by atoms with van der Waals surface area (Å²) < 4.78 is 5.07. The lowest BCUT2D eigenvalue weighted by Crippen LogP contribution is -2.34. The summed E-state index contributed by atoms with van der Waals surface area (Å²) in [6.45, 7) is 6.76. The van der Waals surface area contributed by atoms with Gasteiger partial charge in [-0.15, -0.1) is 0 Å². The van der Waals surface area contributed by atoms with Gasteiger partial charge in [0.1, 0.15) is 5.69 Å². The summed E-state index contributed by atoms with van der Waals surface area (Å²) >= 11 is 0. The molecule has 2 saturated heterocycles. The topological polar surface area (TPSA) is 78.5 Å². The largest absolute Gasteiger partial charge is 0.461 e. The second-order valence-electron chi connectivity index (χ2n) is 7.34. The van der Waals surface area contributed by atoms with Crippen LogP contribution >= 0.6 is 0 Å². The Morgan fingerprint density at radius 3 is 2.65 bits per heavy atom. The van der Waals surface area contributed by atoms with Crippen LogP contribution in [0.5, 0.6) is 0 Å². The standard InChI is InChI=1S/C19H30N4O3/c1-2-26-19(25)18-16(13-20-21-18)14-22-11-7-15(8-12-22)5-6-17(24)23-9-3-4-10-23/h13,15H,2-12,14H2,1H3,(H,20,21). The Morgan fingerprint density at radius 2 is 1.96 bits per heavy atom. The molecule has 1 aromatic heterocycles. The zero-order chi connectivity index (χ0) is 18.4. The highest BCUT2D eigenvalue weighted by Gasteiger charge is 2.24. The van der Waals surface area contributed by atoms with Gasteiger partial charge in [-0.05, 0) is 58.0 Å². The lowest BCUT2D eigenvalue weighted by atomic mass is 9.91. The second kappa shape index (κ2) is 9.16. The molecule has 2 aliphatic heterocycles. The summed E-state index contributed by atoms with van der Waals surface area (Å²) in [5.41, 5.74) is 1.36. The molecule has 1 amide bonds. The van der Waals surface area contributed by atoms with Crippen LogP contribution in [0.25, 0.3) is 0 Å². The van der Waals surface area contributed by atoms with E-state index in [-0.39, 0.29) is 5.97 Å². The number of hydrogen-bond donors (Lipinski definition) is 1. The fourth-order valence-electron chi connectivity index (χ4n) is 3.94. The number of carbonyl (C=O) groups excluding carboxylic acids is 2. The lowest BCUT2D eigenvalue weighted by molar-refractivity contribution is -0.130. The third-order valence-corrected chi connectivity index (χ3v) is 5.52. The number of H-pyrrole nitrogens is 1. The fourth-order valence-corrected chi connectivity index (χ4v) is 3.94. The third kappa shape index (κ3) is 4.84. The Kier molecular flexibility index (Phi) is 6.66. The first-order valence-electron chi connectivity index (χ1n) is 9.87. The zero-order valence-electron chi connectivity index (χ0n) is 15.7. The molecule has 26 heavy (non-hydrogen) atoms. The summed E-state index contributed by atoms with van der Waals surface area (Å²) in [5.74, 6) is 0.629. The summed E-state index contributed by atoms with van der Waals surface area (Å²) in [6, 6.07) is 0. The first kappa shape index (κ1) is 18.9. The fraction of sp³-hybridized carbons (Fsp3) is 0.737. The molecular formula is C19H30N4O3. The van der Waals surface area contributed by atoms with Crippen molar-refractivity contribution in [3.63, 3.8) is 0 Å². The molecular weight excluding hydrogens is 332 g/mol. The van der Waals surface area contributed by atoms with E-state index in [1.165, 1.54) is 0 Å². The van der Waals surface area contributed by atoms with Gasteiger partial charge < -0.3 is 9.64 Å². The zero-order valence-corrected chi connectivity index (χ0v) is 15.7. The van der Waals surface area contributed by atoms with Crippen molar-refractivity contribution in [3.8, 4) is 0 Å². The van der Waals surface area contributed by atoms with Crippen molar-refractivity contribution in [2.45, 2.75) is 52.0 Å². The van der Waals surface area contributed by atoms with Crippen LogP contribution < -0.4 is 0 Å². The maximum Gasteiger partial charge on any atom is 0.356 e. The smallest absolute Gasteiger partial charge is 0.356 e. The molecule has 3 rings (SSSR count). The number of nitrogens with zero attached hydrogens (tertiary/aromatic N) is 3. The van der Waals surface area contributed by atoms with Gasteiger partial charge in [0.15, 0.2) is 0 Å². The molecule has 0 bridgehead atoms. The van der Waals surface area contributed by atoms with Crippen molar-refractivity contribution in [1.29, 1.82) is 0 Å². The number of hydrogen-bond acceptors (Lipinski definition) is 5. The van der Waals surface area contributed by atoms with Crippen LogP contribution in [0, 0.1) is 5.92 Å². The minimum Gasteiger partial charge on any atom is -0.461 e. The van der Waals surface area contributed by atoms with Crippen molar-refractivity contribution in [3.05, 3.63) is 17.5 Å². The first-order valence-corrected chi connectivity index (χ1v) is 9.87. The maximum absolute atomic E-state index is 12.2. The molecule has 0 radical (unpaired) electrons. The number of amides is 1. The van der Waals surface area contributed by atoms with E-state index in [4.69, 9.17) is 4.74 Å². The van der Waals surface area contributed by atoms with E-state index in [2.05, 4.69) is 15.1 Å². The van der Waals surface area contributed by atoms with Gasteiger partial charge in [0.25, 0.3) is 0 Å². The maximum atomic E-state index is 12.2. The van der Waals surface area contributed by atoms with E-state index >= 15 is 0 Å². The van der Waals surface area contributed by atoms with Gasteiger partial charge in [-0.25, -0.2) is 4.79 Å². The van der Waals surface area contributed by atoms with Crippen LogP contribution in [0.2, 0.25) is 0 Å². The SMILES string of the molecule is CCOC(=O)c1[nH]ncc1CN1CCC(CCC(=O)N2CCCC2)CC1. The Morgan fingerprint density at radius 1 is 1.23 bits per heavy atom. The monoisotopic (exact) mass is 362 g/mol. The van der Waals surface area contributed by atoms with E-state index in [0.29, 0.717) is 37.1 Å². The molecule has 1 aromatic rings. The van der Waals surface area contributed by atoms with E-state index < -0.39 is 0 Å². The van der Waals surface area contributed by atoms with Gasteiger partial charge in [-0.1, -0.05) is 0 Å². The number of piperidine rings is 1. The summed E-state index contributed by atoms with van der Waals surface area (Å²) in [4.78, 5) is 28.5. The number of aromatic amines is 1.